The molecule has 0 radical (unpaired) electrons. The molecule has 0 bridgehead atoms. The number of nitrogen functional groups attached to an aromatic ring is 1. The number of hydrogen-bond acceptors (Lipinski definition) is 7. The molecule has 10 heteroatoms. The van der Waals surface area contributed by atoms with Crippen LogP contribution in [0.5, 0.6) is 23.0 Å². The van der Waals surface area contributed by atoms with E-state index in [0.717, 1.165) is 0 Å². The number of nitrogens with one attached hydrogen (secondary N) is 1. The van der Waals surface area contributed by atoms with Crippen molar-refractivity contribution in [2.45, 2.75) is 4.90 Å². The number of halogens is 1. The van der Waals surface area contributed by atoms with Crippen LogP contribution in [0, 0.1) is 5.82 Å². The zero-order valence-electron chi connectivity index (χ0n) is 19.1. The van der Waals surface area contributed by atoms with Crippen LogP contribution in [0.4, 0.5) is 15.8 Å². The Morgan fingerprint density at radius 1 is 0.853 bits per heavy atom. The number of ether oxygens (including phenoxy) is 4. The first kappa shape index (κ1) is 24.7. The van der Waals surface area contributed by atoms with Gasteiger partial charge >= 0.3 is 0 Å². The molecule has 0 saturated heterocycles. The lowest BCUT2D eigenvalue weighted by Crippen LogP contribution is -2.15. The molecule has 3 rings (SSSR count). The van der Waals surface area contributed by atoms with Crippen LogP contribution >= 0.6 is 0 Å². The Morgan fingerprint density at radius 3 is 2.06 bits per heavy atom. The minimum absolute atomic E-state index is 0.103. The molecule has 3 aromatic rings. The third-order valence-electron chi connectivity index (χ3n) is 4.91. The van der Waals surface area contributed by atoms with Crippen molar-refractivity contribution in [3.05, 3.63) is 65.5 Å². The van der Waals surface area contributed by atoms with Gasteiger partial charge < -0.3 is 24.7 Å². The molecule has 0 spiro atoms. The van der Waals surface area contributed by atoms with E-state index in [4.69, 9.17) is 24.7 Å². The Bertz CT molecular complexity index is 1300. The number of rotatable bonds is 9. The zero-order valence-corrected chi connectivity index (χ0v) is 19.9. The second kappa shape index (κ2) is 10.3. The van der Waals surface area contributed by atoms with Gasteiger partial charge in [-0.3, -0.25) is 4.72 Å². The zero-order chi connectivity index (χ0) is 24.9. The Balaban J connectivity index is 2.07. The van der Waals surface area contributed by atoms with Gasteiger partial charge in [-0.1, -0.05) is 18.2 Å². The average molecular weight is 489 g/mol. The molecule has 0 aromatic heterocycles. The lowest BCUT2D eigenvalue weighted by atomic mass is 10.1. The van der Waals surface area contributed by atoms with Gasteiger partial charge in [-0.15, -0.1) is 0 Å². The summed E-state index contributed by atoms with van der Waals surface area (Å²) in [7, 11) is 1.64. The van der Waals surface area contributed by atoms with Gasteiger partial charge in [0, 0.05) is 11.3 Å². The van der Waals surface area contributed by atoms with E-state index < -0.39 is 15.8 Å². The molecule has 8 nitrogen and oxygen atoms in total. The van der Waals surface area contributed by atoms with E-state index in [0.29, 0.717) is 22.8 Å². The number of anilines is 2. The van der Waals surface area contributed by atoms with Crippen LogP contribution in [0.25, 0.3) is 12.2 Å². The standard InChI is InChI=1S/C24H25FN2O6S/c1-30-19-11-10-16(9-8-15-12-20(31-2)24(33-4)21(13-15)32-3)23(22(19)25)27-34(28,29)18-7-5-6-17(26)14-18/h5-14,27H,26H2,1-4H3/b9-8-. The lowest BCUT2D eigenvalue weighted by Gasteiger charge is -2.15. The molecule has 0 atom stereocenters. The van der Waals surface area contributed by atoms with Crippen molar-refractivity contribution in [1.29, 1.82) is 0 Å². The van der Waals surface area contributed by atoms with Gasteiger partial charge in [-0.25, -0.2) is 12.8 Å². The predicted molar refractivity (Wildman–Crippen MR) is 130 cm³/mol. The molecule has 0 amide bonds. The first-order valence-electron chi connectivity index (χ1n) is 9.97. The maximum Gasteiger partial charge on any atom is 0.262 e. The van der Waals surface area contributed by atoms with Crippen LogP contribution in [-0.4, -0.2) is 36.9 Å². The van der Waals surface area contributed by atoms with Gasteiger partial charge in [0.2, 0.25) is 5.75 Å². The van der Waals surface area contributed by atoms with E-state index >= 15 is 4.39 Å². The fraction of sp³-hybridized carbons (Fsp3) is 0.167. The summed E-state index contributed by atoms with van der Waals surface area (Å²) in [6.07, 6.45) is 3.21. The second-order valence-corrected chi connectivity index (χ2v) is 8.70. The fourth-order valence-electron chi connectivity index (χ4n) is 3.23. The molecule has 0 saturated carbocycles. The Morgan fingerprint density at radius 2 is 1.50 bits per heavy atom. The maximum absolute atomic E-state index is 15.2. The third kappa shape index (κ3) is 5.18. The molecule has 0 aliphatic carbocycles. The first-order valence-corrected chi connectivity index (χ1v) is 11.4. The van der Waals surface area contributed by atoms with Crippen molar-refractivity contribution in [3.8, 4) is 23.0 Å². The fourth-order valence-corrected chi connectivity index (χ4v) is 4.37. The summed E-state index contributed by atoms with van der Waals surface area (Å²) in [5.41, 5.74) is 6.61. The molecule has 180 valence electrons. The number of hydrogen-bond donors (Lipinski definition) is 2. The highest BCUT2D eigenvalue weighted by Crippen LogP contribution is 2.39. The molecule has 34 heavy (non-hydrogen) atoms. The monoisotopic (exact) mass is 488 g/mol. The summed E-state index contributed by atoms with van der Waals surface area (Å²) >= 11 is 0. The SMILES string of the molecule is COc1ccc(/C=C\c2cc(OC)c(OC)c(OC)c2)c(NS(=O)(=O)c2cccc(N)c2)c1F. The van der Waals surface area contributed by atoms with Gasteiger partial charge in [0.15, 0.2) is 23.1 Å². The Hall–Kier alpha value is -3.92. The molecule has 0 aliphatic heterocycles. The molecular formula is C24H25FN2O6S. The van der Waals surface area contributed by atoms with Crippen LogP contribution in [0.2, 0.25) is 0 Å². The van der Waals surface area contributed by atoms with Crippen LogP contribution in [-0.2, 0) is 10.0 Å². The van der Waals surface area contributed by atoms with Crippen molar-refractivity contribution < 1.29 is 31.8 Å². The molecule has 0 fully saturated rings. The Labute approximate surface area is 197 Å². The minimum Gasteiger partial charge on any atom is -0.494 e. The lowest BCUT2D eigenvalue weighted by molar-refractivity contribution is 0.324. The molecule has 3 N–H and O–H groups in total. The molecule has 0 unspecified atom stereocenters. The quantitative estimate of drug-likeness (QED) is 0.339. The highest BCUT2D eigenvalue weighted by atomic mass is 32.2. The Kier molecular flexibility index (Phi) is 7.52. The number of sulfonamides is 1. The number of benzene rings is 3. The van der Waals surface area contributed by atoms with Gasteiger partial charge in [0.05, 0.1) is 39.0 Å². The maximum atomic E-state index is 15.2. The van der Waals surface area contributed by atoms with E-state index in [2.05, 4.69) is 4.72 Å². The van der Waals surface area contributed by atoms with E-state index in [-0.39, 0.29) is 27.6 Å². The van der Waals surface area contributed by atoms with Crippen molar-refractivity contribution in [1.82, 2.24) is 0 Å². The van der Waals surface area contributed by atoms with Gasteiger partial charge in [0.1, 0.15) is 0 Å². The van der Waals surface area contributed by atoms with E-state index in [9.17, 15) is 8.42 Å². The molecule has 0 aliphatic rings. The highest BCUT2D eigenvalue weighted by Gasteiger charge is 2.21. The van der Waals surface area contributed by atoms with Gasteiger partial charge in [-0.05, 0) is 48.0 Å². The van der Waals surface area contributed by atoms with Crippen LogP contribution < -0.4 is 29.4 Å². The largest absolute Gasteiger partial charge is 0.494 e. The van der Waals surface area contributed by atoms with E-state index in [1.165, 1.54) is 58.8 Å². The second-order valence-electron chi connectivity index (χ2n) is 7.02. The summed E-state index contributed by atoms with van der Waals surface area (Å²) in [5, 5.41) is 0. The van der Waals surface area contributed by atoms with Crippen LogP contribution in [0.1, 0.15) is 11.1 Å². The number of methoxy groups -OCH3 is 4. The van der Waals surface area contributed by atoms with Crippen LogP contribution in [0.3, 0.4) is 0 Å². The van der Waals surface area contributed by atoms with E-state index in [1.54, 1.807) is 30.4 Å². The van der Waals surface area contributed by atoms with Gasteiger partial charge in [-0.2, -0.15) is 0 Å². The molecular weight excluding hydrogens is 463 g/mol. The smallest absolute Gasteiger partial charge is 0.262 e. The summed E-state index contributed by atoms with van der Waals surface area (Å²) < 4.78 is 64.4. The highest BCUT2D eigenvalue weighted by molar-refractivity contribution is 7.92. The summed E-state index contributed by atoms with van der Waals surface area (Å²) in [6.45, 7) is 0. The number of nitrogens with two attached hydrogens (primary N) is 1. The summed E-state index contributed by atoms with van der Waals surface area (Å²) in [4.78, 5) is -0.103. The van der Waals surface area contributed by atoms with Crippen molar-refractivity contribution in [2.24, 2.45) is 0 Å². The van der Waals surface area contributed by atoms with Gasteiger partial charge in [0.25, 0.3) is 10.0 Å². The topological polar surface area (TPSA) is 109 Å². The summed E-state index contributed by atoms with van der Waals surface area (Å²) in [6, 6.07) is 12.0. The predicted octanol–water partition coefficient (Wildman–Crippen LogP) is 4.41. The van der Waals surface area contributed by atoms with Crippen molar-refractivity contribution in [3.63, 3.8) is 0 Å². The van der Waals surface area contributed by atoms with Crippen molar-refractivity contribution in [2.75, 3.05) is 38.9 Å². The van der Waals surface area contributed by atoms with E-state index in [1.807, 2.05) is 0 Å². The third-order valence-corrected chi connectivity index (χ3v) is 6.25. The molecule has 3 aromatic carbocycles. The molecule has 0 heterocycles. The summed E-state index contributed by atoms with van der Waals surface area (Å²) in [5.74, 6) is 0.320. The normalized spacial score (nSPS) is 11.3. The minimum atomic E-state index is -4.14. The average Bonchev–Trinajstić information content (AvgIpc) is 2.83. The van der Waals surface area contributed by atoms with Crippen molar-refractivity contribution >= 4 is 33.6 Å². The first-order chi connectivity index (χ1) is 16.2. The van der Waals surface area contributed by atoms with Crippen LogP contribution in [0.15, 0.2) is 53.4 Å².